The molecule has 0 aromatic rings. The third-order valence-electron chi connectivity index (χ3n) is 1.51. The Balaban J connectivity index is 0. The number of hydrogen-bond donors (Lipinski definition) is 1. The SMILES string of the molecule is CCCCCCCCO.[Mg+2][Cl]. The van der Waals surface area contributed by atoms with Crippen LogP contribution in [0.5, 0.6) is 0 Å². The van der Waals surface area contributed by atoms with Crippen LogP contribution in [-0.4, -0.2) is 32.3 Å². The molecule has 0 rings (SSSR count). The second-order valence-corrected chi connectivity index (χ2v) is 2.49. The molecule has 1 nitrogen and oxygen atoms in total. The highest BCUT2D eigenvalue weighted by Gasteiger charge is 2.16. The van der Waals surface area contributed by atoms with Crippen LogP contribution in [0.1, 0.15) is 45.4 Å². The molecule has 7 radical (unpaired) electrons. The minimum Gasteiger partial charge on any atom is -0.396 e. The molecule has 0 heterocycles. The Bertz CT molecular complexity index is 47.4. The Morgan fingerprint density at radius 1 is 1.00 bits per heavy atom. The van der Waals surface area contributed by atoms with Gasteiger partial charge in [-0.25, -0.2) is 0 Å². The molecule has 0 atom stereocenters. The summed E-state index contributed by atoms with van der Waals surface area (Å²) in [5.74, 6) is 0. The number of rotatable bonds is 6. The molecule has 3 heteroatoms. The molecular weight excluding hydrogens is 172 g/mol. The lowest BCUT2D eigenvalue weighted by molar-refractivity contribution is 0.282. The number of unbranched alkanes of at least 4 members (excludes halogenated alkanes) is 5. The zero-order valence-corrected chi connectivity index (χ0v) is 9.65. The van der Waals surface area contributed by atoms with Gasteiger partial charge in [0.2, 0.25) is 0 Å². The van der Waals surface area contributed by atoms with Gasteiger partial charge in [-0.3, -0.25) is 0 Å². The van der Waals surface area contributed by atoms with Crippen LogP contribution in [0, 0.1) is 0 Å². The molecule has 0 spiro atoms. The van der Waals surface area contributed by atoms with E-state index in [2.05, 4.69) is 16.0 Å². The van der Waals surface area contributed by atoms with Gasteiger partial charge in [0.05, 0.1) is 0 Å². The molecule has 11 heavy (non-hydrogen) atoms. The fourth-order valence-electron chi connectivity index (χ4n) is 0.892. The van der Waals surface area contributed by atoms with Gasteiger partial charge in [-0.15, -0.1) is 0 Å². The van der Waals surface area contributed by atoms with Crippen molar-refractivity contribution in [3.63, 3.8) is 0 Å². The number of halogens is 1. The van der Waals surface area contributed by atoms with Gasteiger partial charge >= 0.3 is 29.7 Å². The van der Waals surface area contributed by atoms with E-state index in [-0.39, 0.29) is 0 Å². The van der Waals surface area contributed by atoms with Crippen molar-refractivity contribution in [1.29, 1.82) is 0 Å². The molecule has 0 saturated carbocycles. The van der Waals surface area contributed by atoms with E-state index in [9.17, 15) is 0 Å². The van der Waals surface area contributed by atoms with Crippen molar-refractivity contribution >= 4 is 29.7 Å². The Labute approximate surface area is 86.7 Å². The Morgan fingerprint density at radius 2 is 1.45 bits per heavy atom. The lowest BCUT2D eigenvalue weighted by Crippen LogP contribution is -1.82. The summed E-state index contributed by atoms with van der Waals surface area (Å²) in [6.45, 7) is 2.58. The molecule has 0 aromatic heterocycles. The summed E-state index contributed by atoms with van der Waals surface area (Å²) < 4.78 is 0. The first kappa shape index (κ1) is 14.5. The molecule has 0 aliphatic carbocycles. The average Bonchev–Trinajstić information content (AvgIpc) is 2.08. The summed E-state index contributed by atoms with van der Waals surface area (Å²) >= 11 is 1.33. The Hall–Kier alpha value is 1.02. The molecule has 0 unspecified atom stereocenters. The highest BCUT2D eigenvalue weighted by atomic mass is 35.5. The Morgan fingerprint density at radius 3 is 1.91 bits per heavy atom. The zero-order valence-electron chi connectivity index (χ0n) is 7.48. The summed E-state index contributed by atoms with van der Waals surface area (Å²) in [7, 11) is 4.67. The second kappa shape index (κ2) is 17.2. The van der Waals surface area contributed by atoms with Crippen molar-refractivity contribution in [3.05, 3.63) is 0 Å². The summed E-state index contributed by atoms with van der Waals surface area (Å²) in [5.41, 5.74) is 0. The first-order valence-corrected chi connectivity index (χ1v) is 6.43. The quantitative estimate of drug-likeness (QED) is 0.504. The molecule has 63 valence electrons. The first-order valence-electron chi connectivity index (χ1n) is 4.29. The maximum Gasteiger partial charge on any atom is 1.59 e. The van der Waals surface area contributed by atoms with E-state index in [0.717, 1.165) is 6.42 Å². The van der Waals surface area contributed by atoms with Crippen LogP contribution in [0.25, 0.3) is 0 Å². The van der Waals surface area contributed by atoms with Gasteiger partial charge in [0.1, 0.15) is 0 Å². The molecule has 0 aliphatic rings. The molecule has 0 saturated heterocycles. The fourth-order valence-corrected chi connectivity index (χ4v) is 0.892. The Kier molecular flexibility index (Phi) is 22.7. The van der Waals surface area contributed by atoms with Gasteiger partial charge in [-0.05, 0) is 6.42 Å². The van der Waals surface area contributed by atoms with Crippen molar-refractivity contribution in [2.45, 2.75) is 45.4 Å². The van der Waals surface area contributed by atoms with E-state index in [0.29, 0.717) is 6.61 Å². The predicted molar refractivity (Wildman–Crippen MR) is 52.1 cm³/mol. The van der Waals surface area contributed by atoms with E-state index in [4.69, 9.17) is 5.11 Å². The first-order chi connectivity index (χ1) is 5.41. The highest BCUT2D eigenvalue weighted by Crippen LogP contribution is 2.03. The van der Waals surface area contributed by atoms with Crippen LogP contribution in [0.3, 0.4) is 0 Å². The zero-order chi connectivity index (χ0) is 8.95. The lowest BCUT2D eigenvalue weighted by atomic mass is 10.1. The van der Waals surface area contributed by atoms with Crippen LogP contribution in [0.4, 0.5) is 0 Å². The molecular formula is C8H18ClMgO+2. The number of hydrogen-bond acceptors (Lipinski definition) is 1. The van der Waals surface area contributed by atoms with Crippen molar-refractivity contribution < 1.29 is 5.11 Å². The molecule has 0 aromatic carbocycles. The standard InChI is InChI=1S/C8H18O.ClH.Mg/c1-2-3-4-5-6-7-8-9;;/h9H,2-8H2,1H3;1H;/q;;+3/p-1. The van der Waals surface area contributed by atoms with Gasteiger partial charge in [0.15, 0.2) is 0 Å². The van der Waals surface area contributed by atoms with Crippen molar-refractivity contribution in [3.8, 4) is 0 Å². The maximum atomic E-state index is 8.42. The smallest absolute Gasteiger partial charge is 0.396 e. The second-order valence-electron chi connectivity index (χ2n) is 2.49. The molecule has 0 bridgehead atoms. The summed E-state index contributed by atoms with van der Waals surface area (Å²) in [6, 6.07) is 0. The lowest BCUT2D eigenvalue weighted by Gasteiger charge is -1.95. The van der Waals surface area contributed by atoms with Crippen molar-refractivity contribution in [2.75, 3.05) is 6.61 Å². The monoisotopic (exact) mass is 189 g/mol. The average molecular weight is 190 g/mol. The minimum absolute atomic E-state index is 0.367. The van der Waals surface area contributed by atoms with E-state index in [1.54, 1.807) is 0 Å². The third kappa shape index (κ3) is 18.2. The molecule has 0 fully saturated rings. The predicted octanol–water partition coefficient (Wildman–Crippen LogP) is 2.65. The van der Waals surface area contributed by atoms with Crippen LogP contribution < -0.4 is 0 Å². The van der Waals surface area contributed by atoms with Gasteiger partial charge in [0, 0.05) is 6.61 Å². The van der Waals surface area contributed by atoms with Gasteiger partial charge in [0.25, 0.3) is 0 Å². The largest absolute Gasteiger partial charge is 1.59 e. The summed E-state index contributed by atoms with van der Waals surface area (Å²) in [5, 5.41) is 8.42. The molecule has 0 amide bonds. The summed E-state index contributed by atoms with van der Waals surface area (Å²) in [4.78, 5) is 0. The van der Waals surface area contributed by atoms with Crippen molar-refractivity contribution in [1.82, 2.24) is 0 Å². The fraction of sp³-hybridized carbons (Fsp3) is 1.00. The van der Waals surface area contributed by atoms with Crippen LogP contribution in [0.2, 0.25) is 0 Å². The minimum atomic E-state index is 0.367. The normalized spacial score (nSPS) is 8.73. The van der Waals surface area contributed by atoms with Gasteiger partial charge in [-0.2, -0.15) is 0 Å². The van der Waals surface area contributed by atoms with E-state index >= 15 is 0 Å². The van der Waals surface area contributed by atoms with E-state index in [1.165, 1.54) is 52.7 Å². The van der Waals surface area contributed by atoms with E-state index in [1.807, 2.05) is 0 Å². The highest BCUT2D eigenvalue weighted by molar-refractivity contribution is 6.80. The molecule has 0 aliphatic heterocycles. The van der Waals surface area contributed by atoms with Crippen LogP contribution in [-0.2, 0) is 0 Å². The summed E-state index contributed by atoms with van der Waals surface area (Å²) in [6.07, 6.45) is 7.50. The molecule has 1 N–H and O–H groups in total. The number of aliphatic hydroxyl groups is 1. The van der Waals surface area contributed by atoms with E-state index < -0.39 is 0 Å². The van der Waals surface area contributed by atoms with Crippen LogP contribution >= 0.6 is 9.07 Å². The van der Waals surface area contributed by atoms with Crippen LogP contribution in [0.15, 0.2) is 0 Å². The maximum absolute atomic E-state index is 8.42. The van der Waals surface area contributed by atoms with Crippen molar-refractivity contribution in [2.24, 2.45) is 0 Å². The number of aliphatic hydroxyl groups excluding tert-OH is 1. The third-order valence-corrected chi connectivity index (χ3v) is 1.51. The van der Waals surface area contributed by atoms with Gasteiger partial charge < -0.3 is 5.11 Å². The van der Waals surface area contributed by atoms with Gasteiger partial charge in [-0.1, -0.05) is 39.0 Å². The topological polar surface area (TPSA) is 20.2 Å².